The van der Waals surface area contributed by atoms with E-state index in [1.54, 1.807) is 36.4 Å². The lowest BCUT2D eigenvalue weighted by molar-refractivity contribution is -0.133. The van der Waals surface area contributed by atoms with Crippen LogP contribution < -0.4 is 10.3 Å². The van der Waals surface area contributed by atoms with Gasteiger partial charge in [-0.1, -0.05) is 35.5 Å². The van der Waals surface area contributed by atoms with Gasteiger partial charge in [-0.05, 0) is 65.0 Å². The van der Waals surface area contributed by atoms with Crippen LogP contribution in [0.4, 0.5) is 0 Å². The molecule has 0 N–H and O–H groups in total. The maximum absolute atomic E-state index is 13.5. The van der Waals surface area contributed by atoms with Crippen molar-refractivity contribution in [1.29, 1.82) is 0 Å². The summed E-state index contributed by atoms with van der Waals surface area (Å²) in [5, 5.41) is 0.876. The average Bonchev–Trinajstić information content (AvgIpc) is 2.73. The summed E-state index contributed by atoms with van der Waals surface area (Å²) in [6.45, 7) is 9.84. The highest BCUT2D eigenvalue weighted by Crippen LogP contribution is 2.30. The normalized spacial score (nSPS) is 12.4. The number of halogens is 1. The largest absolute Gasteiger partial charge is 0.495 e. The molecular weight excluding hydrogens is 446 g/mol. The van der Waals surface area contributed by atoms with Crippen molar-refractivity contribution in [2.45, 2.75) is 57.1 Å². The van der Waals surface area contributed by atoms with Gasteiger partial charge in [0.1, 0.15) is 5.75 Å². The van der Waals surface area contributed by atoms with Gasteiger partial charge in [0.2, 0.25) is 5.91 Å². The molecule has 0 aliphatic rings. The van der Waals surface area contributed by atoms with Crippen LogP contribution in [0.2, 0.25) is 5.02 Å². The number of hydrogen-bond donors (Lipinski definition) is 0. The number of ether oxygens (including phenoxy) is 1. The summed E-state index contributed by atoms with van der Waals surface area (Å²) < 4.78 is 6.75. The molecule has 1 amide bonds. The van der Waals surface area contributed by atoms with Gasteiger partial charge >= 0.3 is 0 Å². The lowest BCUT2D eigenvalue weighted by Gasteiger charge is -2.33. The first-order chi connectivity index (χ1) is 15.1. The minimum Gasteiger partial charge on any atom is -0.495 e. The molecule has 0 fully saturated rings. The lowest BCUT2D eigenvalue weighted by Crippen LogP contribution is -2.45. The van der Waals surface area contributed by atoms with E-state index in [2.05, 4.69) is 0 Å². The van der Waals surface area contributed by atoms with Crippen LogP contribution in [0.3, 0.4) is 0 Å². The number of fused-ring (bicyclic) bond motifs is 1. The summed E-state index contributed by atoms with van der Waals surface area (Å²) >= 11 is 7.61. The average molecular weight is 474 g/mol. The molecule has 0 saturated heterocycles. The van der Waals surface area contributed by atoms with Crippen LogP contribution in [-0.2, 0) is 4.79 Å². The molecule has 8 heteroatoms. The fourth-order valence-electron chi connectivity index (χ4n) is 3.74. The highest BCUT2D eigenvalue weighted by Gasteiger charge is 2.27. The predicted octanol–water partition coefficient (Wildman–Crippen LogP) is 5.17. The number of carbonyl (C=O) groups excluding carboxylic acids is 1. The van der Waals surface area contributed by atoms with E-state index in [1.807, 2.05) is 45.6 Å². The molecule has 6 nitrogen and oxygen atoms in total. The Morgan fingerprint density at radius 1 is 1.09 bits per heavy atom. The smallest absolute Gasteiger partial charge is 0.266 e. The Bertz CT molecular complexity index is 1180. The van der Waals surface area contributed by atoms with Crippen LogP contribution in [0.1, 0.15) is 34.6 Å². The van der Waals surface area contributed by atoms with E-state index in [9.17, 15) is 9.59 Å². The molecular formula is C24H28ClN3O3S. The first-order valence-electron chi connectivity index (χ1n) is 10.5. The Morgan fingerprint density at radius 3 is 2.34 bits per heavy atom. The zero-order valence-electron chi connectivity index (χ0n) is 19.1. The number of thioether (sulfide) groups is 1. The van der Waals surface area contributed by atoms with Gasteiger partial charge in [-0.2, -0.15) is 0 Å². The van der Waals surface area contributed by atoms with Crippen molar-refractivity contribution >= 4 is 40.2 Å². The summed E-state index contributed by atoms with van der Waals surface area (Å²) in [6.07, 6.45) is 0. The fraction of sp³-hybridized carbons (Fsp3) is 0.375. The van der Waals surface area contributed by atoms with Gasteiger partial charge in [-0.3, -0.25) is 14.2 Å². The SMILES string of the molecule is COc1ccc(-n2c(SC(C)C(=O)N(C(C)C)C(C)C)nc3ccccc3c2=O)cc1Cl. The first-order valence-corrected chi connectivity index (χ1v) is 11.8. The van der Waals surface area contributed by atoms with Crippen LogP contribution in [0.25, 0.3) is 16.6 Å². The zero-order valence-corrected chi connectivity index (χ0v) is 20.7. The van der Waals surface area contributed by atoms with Crippen molar-refractivity contribution in [3.8, 4) is 11.4 Å². The number of carbonyl (C=O) groups is 1. The van der Waals surface area contributed by atoms with Gasteiger partial charge in [0.15, 0.2) is 5.16 Å². The van der Waals surface area contributed by atoms with Crippen molar-refractivity contribution in [2.75, 3.05) is 7.11 Å². The third-order valence-corrected chi connectivity index (χ3v) is 6.47. The summed E-state index contributed by atoms with van der Waals surface area (Å²) in [7, 11) is 1.54. The van der Waals surface area contributed by atoms with E-state index in [0.29, 0.717) is 32.5 Å². The highest BCUT2D eigenvalue weighted by atomic mass is 35.5. The second-order valence-electron chi connectivity index (χ2n) is 8.06. The van der Waals surface area contributed by atoms with Gasteiger partial charge in [0.25, 0.3) is 5.56 Å². The molecule has 0 aliphatic carbocycles. The van der Waals surface area contributed by atoms with Crippen molar-refractivity contribution in [3.63, 3.8) is 0 Å². The third-order valence-electron chi connectivity index (χ3n) is 5.14. The first kappa shape index (κ1) is 24.1. The number of hydrogen-bond acceptors (Lipinski definition) is 5. The molecule has 170 valence electrons. The monoisotopic (exact) mass is 473 g/mol. The van der Waals surface area contributed by atoms with E-state index >= 15 is 0 Å². The summed E-state index contributed by atoms with van der Waals surface area (Å²) in [5.41, 5.74) is 0.925. The minimum atomic E-state index is -0.437. The standard InChI is InChI=1S/C24H28ClN3O3S/c1-14(2)27(15(3)4)22(29)16(5)32-24-26-20-10-8-7-9-18(20)23(30)28(24)17-11-12-21(31-6)19(25)13-17/h7-16H,1-6H3. The predicted molar refractivity (Wildman–Crippen MR) is 131 cm³/mol. The molecule has 0 spiro atoms. The van der Waals surface area contributed by atoms with Crippen molar-refractivity contribution in [3.05, 3.63) is 57.8 Å². The molecule has 2 aromatic carbocycles. The van der Waals surface area contributed by atoms with Gasteiger partial charge in [0.05, 0.1) is 34.0 Å². The molecule has 0 bridgehead atoms. The summed E-state index contributed by atoms with van der Waals surface area (Å²) in [4.78, 5) is 33.3. The van der Waals surface area contributed by atoms with Crippen LogP contribution >= 0.6 is 23.4 Å². The quantitative estimate of drug-likeness (QED) is 0.349. The Labute approximate surface area is 197 Å². The van der Waals surface area contributed by atoms with E-state index in [0.717, 1.165) is 0 Å². The number of benzene rings is 2. The number of methoxy groups -OCH3 is 1. The third kappa shape index (κ3) is 4.79. The Balaban J connectivity index is 2.13. The highest BCUT2D eigenvalue weighted by molar-refractivity contribution is 8.00. The second-order valence-corrected chi connectivity index (χ2v) is 9.78. The molecule has 32 heavy (non-hydrogen) atoms. The maximum Gasteiger partial charge on any atom is 0.266 e. The van der Waals surface area contributed by atoms with Crippen molar-refractivity contribution in [1.82, 2.24) is 14.5 Å². The molecule has 1 atom stereocenters. The molecule has 0 aliphatic heterocycles. The maximum atomic E-state index is 13.5. The summed E-state index contributed by atoms with van der Waals surface area (Å²) in [6, 6.07) is 12.5. The molecule has 1 aromatic heterocycles. The number of aromatic nitrogens is 2. The van der Waals surface area contributed by atoms with E-state index in [1.165, 1.54) is 23.4 Å². The zero-order chi connectivity index (χ0) is 23.6. The lowest BCUT2D eigenvalue weighted by atomic mass is 10.2. The number of nitrogens with zero attached hydrogens (tertiary/aromatic N) is 3. The van der Waals surface area contributed by atoms with Crippen LogP contribution in [0, 0.1) is 0 Å². The van der Waals surface area contributed by atoms with Crippen LogP contribution in [0.15, 0.2) is 52.4 Å². The van der Waals surface area contributed by atoms with Gasteiger partial charge in [-0.25, -0.2) is 4.98 Å². The number of para-hydroxylation sites is 1. The van der Waals surface area contributed by atoms with Gasteiger partial charge in [0, 0.05) is 12.1 Å². The Kier molecular flexibility index (Phi) is 7.51. The molecule has 0 saturated carbocycles. The van der Waals surface area contributed by atoms with E-state index < -0.39 is 5.25 Å². The fourth-order valence-corrected chi connectivity index (χ4v) is 4.97. The van der Waals surface area contributed by atoms with Crippen LogP contribution in [0.5, 0.6) is 5.75 Å². The number of amides is 1. The molecule has 3 rings (SSSR count). The molecule has 1 unspecified atom stereocenters. The van der Waals surface area contributed by atoms with E-state index in [-0.39, 0.29) is 23.6 Å². The van der Waals surface area contributed by atoms with E-state index in [4.69, 9.17) is 21.3 Å². The second kappa shape index (κ2) is 9.96. The Morgan fingerprint density at radius 2 is 1.75 bits per heavy atom. The van der Waals surface area contributed by atoms with Gasteiger partial charge in [-0.15, -0.1) is 0 Å². The number of rotatable bonds is 7. The van der Waals surface area contributed by atoms with Crippen molar-refractivity contribution < 1.29 is 9.53 Å². The van der Waals surface area contributed by atoms with Crippen molar-refractivity contribution in [2.24, 2.45) is 0 Å². The minimum absolute atomic E-state index is 0.00159. The molecule has 1 heterocycles. The molecule has 3 aromatic rings. The van der Waals surface area contributed by atoms with Gasteiger partial charge < -0.3 is 9.64 Å². The molecule has 0 radical (unpaired) electrons. The topological polar surface area (TPSA) is 64.4 Å². The Hall–Kier alpha value is -2.51. The summed E-state index contributed by atoms with van der Waals surface area (Å²) in [5.74, 6) is 0.515. The van der Waals surface area contributed by atoms with Crippen LogP contribution in [-0.4, -0.2) is 44.8 Å².